The van der Waals surface area contributed by atoms with Crippen LogP contribution < -0.4 is 10.9 Å². The Balaban J connectivity index is 1.87. The summed E-state index contributed by atoms with van der Waals surface area (Å²) < 4.78 is 18.9. The molecule has 0 aliphatic carbocycles. The molecule has 0 radical (unpaired) electrons. The molecule has 0 saturated carbocycles. The molecule has 2 N–H and O–H groups in total. The first kappa shape index (κ1) is 16.4. The number of ether oxygens (including phenoxy) is 1. The minimum absolute atomic E-state index is 0.0470. The van der Waals surface area contributed by atoms with Crippen LogP contribution in [0, 0.1) is 12.7 Å². The van der Waals surface area contributed by atoms with Gasteiger partial charge in [0.2, 0.25) is 0 Å². The van der Waals surface area contributed by atoms with Gasteiger partial charge in [0.1, 0.15) is 11.4 Å². The van der Waals surface area contributed by atoms with E-state index in [9.17, 15) is 14.0 Å². The minimum Gasteiger partial charge on any atom is -0.376 e. The highest BCUT2D eigenvalue weighted by Gasteiger charge is 2.29. The van der Waals surface area contributed by atoms with Crippen molar-refractivity contribution >= 4 is 5.91 Å². The van der Waals surface area contributed by atoms with Crippen LogP contribution in [0.4, 0.5) is 4.39 Å². The van der Waals surface area contributed by atoms with Crippen LogP contribution in [0.15, 0.2) is 41.2 Å². The number of carbonyl (C=O) groups is 1. The second-order valence-corrected chi connectivity index (χ2v) is 5.94. The highest BCUT2D eigenvalue weighted by atomic mass is 19.1. The van der Waals surface area contributed by atoms with Crippen LogP contribution in [0.5, 0.6) is 0 Å². The number of H-pyrrole nitrogens is 1. The molecule has 1 amide bonds. The maximum Gasteiger partial charge on any atom is 0.260 e. The number of aromatic amines is 1. The third-order valence-corrected chi connectivity index (χ3v) is 4.15. The minimum atomic E-state index is -0.471. The van der Waals surface area contributed by atoms with Gasteiger partial charge in [-0.1, -0.05) is 12.1 Å². The fourth-order valence-corrected chi connectivity index (χ4v) is 2.90. The number of benzene rings is 1. The van der Waals surface area contributed by atoms with Crippen molar-refractivity contribution in [1.82, 2.24) is 10.3 Å². The average molecular weight is 330 g/mol. The summed E-state index contributed by atoms with van der Waals surface area (Å²) in [6.45, 7) is 2.38. The SMILES string of the molecule is Cc1ccc(C(=O)N[C@@H](c2ccc(F)cc2)[C@@H]2CCCO2)c(=O)[nH]1. The number of pyridine rings is 1. The summed E-state index contributed by atoms with van der Waals surface area (Å²) in [6.07, 6.45) is 1.51. The van der Waals surface area contributed by atoms with Gasteiger partial charge in [0.25, 0.3) is 11.5 Å². The maximum absolute atomic E-state index is 13.2. The molecule has 126 valence electrons. The van der Waals surface area contributed by atoms with Gasteiger partial charge in [-0.15, -0.1) is 0 Å². The number of aromatic nitrogens is 1. The summed E-state index contributed by atoms with van der Waals surface area (Å²) in [5.74, 6) is -0.813. The monoisotopic (exact) mass is 330 g/mol. The van der Waals surface area contributed by atoms with E-state index in [0.717, 1.165) is 18.4 Å². The van der Waals surface area contributed by atoms with Crippen LogP contribution in [-0.4, -0.2) is 23.6 Å². The molecule has 2 atom stereocenters. The molecule has 1 aromatic carbocycles. The van der Waals surface area contributed by atoms with Gasteiger partial charge < -0.3 is 15.0 Å². The van der Waals surface area contributed by atoms with Crippen molar-refractivity contribution in [2.45, 2.75) is 31.9 Å². The summed E-state index contributed by atoms with van der Waals surface area (Å²) in [5, 5.41) is 2.86. The van der Waals surface area contributed by atoms with E-state index in [0.29, 0.717) is 12.3 Å². The van der Waals surface area contributed by atoms with Gasteiger partial charge in [0, 0.05) is 12.3 Å². The van der Waals surface area contributed by atoms with Gasteiger partial charge >= 0.3 is 0 Å². The predicted octanol–water partition coefficient (Wildman–Crippen LogP) is 2.47. The Morgan fingerprint density at radius 3 is 2.67 bits per heavy atom. The zero-order valence-electron chi connectivity index (χ0n) is 13.3. The topological polar surface area (TPSA) is 71.2 Å². The van der Waals surface area contributed by atoms with E-state index in [1.807, 2.05) is 0 Å². The predicted molar refractivity (Wildman–Crippen MR) is 87.4 cm³/mol. The number of nitrogens with one attached hydrogen (secondary N) is 2. The Morgan fingerprint density at radius 2 is 2.04 bits per heavy atom. The Bertz CT molecular complexity index is 780. The molecular weight excluding hydrogens is 311 g/mol. The third-order valence-electron chi connectivity index (χ3n) is 4.15. The van der Waals surface area contributed by atoms with E-state index in [4.69, 9.17) is 4.74 Å². The summed E-state index contributed by atoms with van der Waals surface area (Å²) in [7, 11) is 0. The number of halogens is 1. The Hall–Kier alpha value is -2.47. The molecule has 1 aliphatic rings. The normalized spacial score (nSPS) is 18.3. The lowest BCUT2D eigenvalue weighted by atomic mass is 9.98. The summed E-state index contributed by atoms with van der Waals surface area (Å²) in [6, 6.07) is 8.70. The number of carbonyl (C=O) groups excluding carboxylic acids is 1. The van der Waals surface area contributed by atoms with Crippen LogP contribution in [-0.2, 0) is 4.74 Å². The Labute approximate surface area is 138 Å². The second-order valence-electron chi connectivity index (χ2n) is 5.94. The van der Waals surface area contributed by atoms with E-state index in [1.165, 1.54) is 18.2 Å². The third kappa shape index (κ3) is 3.54. The molecule has 6 heteroatoms. The molecule has 1 aliphatic heterocycles. The number of aryl methyl sites for hydroxylation is 1. The number of rotatable bonds is 4. The first-order valence-electron chi connectivity index (χ1n) is 7.92. The quantitative estimate of drug-likeness (QED) is 0.905. The molecule has 24 heavy (non-hydrogen) atoms. The first-order chi connectivity index (χ1) is 11.5. The highest BCUT2D eigenvalue weighted by molar-refractivity contribution is 5.94. The van der Waals surface area contributed by atoms with Crippen molar-refractivity contribution in [3.05, 3.63) is 69.4 Å². The summed E-state index contributed by atoms with van der Waals surface area (Å²) in [4.78, 5) is 27.1. The number of hydrogen-bond donors (Lipinski definition) is 2. The van der Waals surface area contributed by atoms with E-state index >= 15 is 0 Å². The smallest absolute Gasteiger partial charge is 0.260 e. The number of amides is 1. The first-order valence-corrected chi connectivity index (χ1v) is 7.92. The Morgan fingerprint density at radius 1 is 1.29 bits per heavy atom. The molecule has 2 aromatic rings. The molecular formula is C18H19FN2O3. The lowest BCUT2D eigenvalue weighted by Crippen LogP contribution is -2.38. The van der Waals surface area contributed by atoms with E-state index in [1.54, 1.807) is 25.1 Å². The maximum atomic E-state index is 13.2. The molecule has 5 nitrogen and oxygen atoms in total. The van der Waals surface area contributed by atoms with Gasteiger partial charge in [0.05, 0.1) is 12.1 Å². The second kappa shape index (κ2) is 6.97. The van der Waals surface area contributed by atoms with Gasteiger partial charge in [0.15, 0.2) is 0 Å². The van der Waals surface area contributed by atoms with Crippen molar-refractivity contribution in [1.29, 1.82) is 0 Å². The molecule has 0 spiro atoms. The molecule has 3 rings (SSSR count). The van der Waals surface area contributed by atoms with Crippen LogP contribution in [0.3, 0.4) is 0 Å². The molecule has 0 unspecified atom stereocenters. The standard InChI is InChI=1S/C18H19FN2O3/c1-11-4-9-14(17(22)20-11)18(23)21-16(15-3-2-10-24-15)12-5-7-13(19)8-6-12/h4-9,15-16H,2-3,10H2,1H3,(H,20,22)(H,21,23)/t15-,16-/m0/s1. The van der Waals surface area contributed by atoms with Crippen molar-refractivity contribution in [2.75, 3.05) is 6.61 Å². The highest BCUT2D eigenvalue weighted by Crippen LogP contribution is 2.27. The molecule has 0 bridgehead atoms. The van der Waals surface area contributed by atoms with Gasteiger partial charge in [-0.05, 0) is 49.6 Å². The zero-order chi connectivity index (χ0) is 17.1. The van der Waals surface area contributed by atoms with Crippen LogP contribution in [0.2, 0.25) is 0 Å². The molecule has 1 saturated heterocycles. The van der Waals surface area contributed by atoms with Gasteiger partial charge in [-0.25, -0.2) is 4.39 Å². The fraction of sp³-hybridized carbons (Fsp3) is 0.333. The summed E-state index contributed by atoms with van der Waals surface area (Å²) in [5.41, 5.74) is 1.05. The zero-order valence-corrected chi connectivity index (χ0v) is 13.3. The Kier molecular flexibility index (Phi) is 4.76. The lowest BCUT2D eigenvalue weighted by molar-refractivity contribution is 0.0671. The fourth-order valence-electron chi connectivity index (χ4n) is 2.90. The van der Waals surface area contributed by atoms with Crippen molar-refractivity contribution in [3.8, 4) is 0 Å². The summed E-state index contributed by atoms with van der Waals surface area (Å²) >= 11 is 0. The van der Waals surface area contributed by atoms with E-state index in [2.05, 4.69) is 10.3 Å². The van der Waals surface area contributed by atoms with Gasteiger partial charge in [-0.2, -0.15) is 0 Å². The van der Waals surface area contributed by atoms with Crippen LogP contribution >= 0.6 is 0 Å². The van der Waals surface area contributed by atoms with E-state index < -0.39 is 17.5 Å². The van der Waals surface area contributed by atoms with Crippen LogP contribution in [0.25, 0.3) is 0 Å². The molecule has 1 fully saturated rings. The van der Waals surface area contributed by atoms with Crippen molar-refractivity contribution < 1.29 is 13.9 Å². The average Bonchev–Trinajstić information content (AvgIpc) is 3.07. The largest absolute Gasteiger partial charge is 0.376 e. The molecule has 1 aromatic heterocycles. The van der Waals surface area contributed by atoms with E-state index in [-0.39, 0.29) is 17.5 Å². The molecule has 2 heterocycles. The number of hydrogen-bond acceptors (Lipinski definition) is 3. The van der Waals surface area contributed by atoms with Crippen molar-refractivity contribution in [3.63, 3.8) is 0 Å². The van der Waals surface area contributed by atoms with Crippen molar-refractivity contribution in [2.24, 2.45) is 0 Å². The van der Waals surface area contributed by atoms with Gasteiger partial charge in [-0.3, -0.25) is 9.59 Å². The lowest BCUT2D eigenvalue weighted by Gasteiger charge is -2.24. The van der Waals surface area contributed by atoms with Crippen LogP contribution in [0.1, 0.15) is 40.5 Å².